The summed E-state index contributed by atoms with van der Waals surface area (Å²) in [4.78, 5) is 39.3. The van der Waals surface area contributed by atoms with Gasteiger partial charge in [-0.25, -0.2) is 13.2 Å². The van der Waals surface area contributed by atoms with Crippen molar-refractivity contribution >= 4 is 39.4 Å². The highest BCUT2D eigenvalue weighted by molar-refractivity contribution is 7.89. The molecule has 3 aromatic carbocycles. The van der Waals surface area contributed by atoms with E-state index in [1.54, 1.807) is 71.6 Å². The molecular weight excluding hydrogens is 645 g/mol. The van der Waals surface area contributed by atoms with Crippen LogP contribution in [0.2, 0.25) is 0 Å². The maximum Gasteiger partial charge on any atom is 0.314 e. The Balaban J connectivity index is 1.50. The Labute approximate surface area is 287 Å². The fourth-order valence-corrected chi connectivity index (χ4v) is 6.99. The van der Waals surface area contributed by atoms with Gasteiger partial charge in [-0.1, -0.05) is 42.5 Å². The molecule has 49 heavy (non-hydrogen) atoms. The number of urea groups is 1. The first kappa shape index (κ1) is 37.0. The van der Waals surface area contributed by atoms with Crippen LogP contribution >= 0.6 is 0 Å². The van der Waals surface area contributed by atoms with E-state index in [1.807, 2.05) is 6.92 Å². The molecule has 0 spiro atoms. The van der Waals surface area contributed by atoms with Gasteiger partial charge in [0, 0.05) is 50.4 Å². The molecule has 3 aromatic rings. The van der Waals surface area contributed by atoms with Gasteiger partial charge in [-0.2, -0.15) is 4.72 Å². The predicted octanol–water partition coefficient (Wildman–Crippen LogP) is 2.76. The Morgan fingerprint density at radius 2 is 1.67 bits per heavy atom. The van der Waals surface area contributed by atoms with Gasteiger partial charge in [0.25, 0.3) is 0 Å². The molecule has 0 unspecified atom stereocenters. The number of nitrogens with one attached hydrogen (secondary N) is 5. The first-order valence-electron chi connectivity index (χ1n) is 16.5. The lowest BCUT2D eigenvalue weighted by Crippen LogP contribution is -2.51. The zero-order valence-corrected chi connectivity index (χ0v) is 28.5. The lowest BCUT2D eigenvalue weighted by molar-refractivity contribution is -0.134. The summed E-state index contributed by atoms with van der Waals surface area (Å²) in [6.07, 6.45) is 2.53. The Kier molecular flexibility index (Phi) is 13.3. The molecule has 0 radical (unpaired) electrons. The number of carbonyl (C=O) groups is 3. The van der Waals surface area contributed by atoms with Gasteiger partial charge in [0.2, 0.25) is 21.8 Å². The Hall–Kier alpha value is -4.79. The van der Waals surface area contributed by atoms with Gasteiger partial charge >= 0.3 is 6.03 Å². The van der Waals surface area contributed by atoms with Crippen molar-refractivity contribution in [3.05, 3.63) is 83.9 Å². The summed E-state index contributed by atoms with van der Waals surface area (Å²) in [5, 5.41) is 16.1. The van der Waals surface area contributed by atoms with Crippen molar-refractivity contribution in [1.82, 2.24) is 20.3 Å². The molecule has 0 aromatic heterocycles. The number of rotatable bonds is 15. The van der Waals surface area contributed by atoms with E-state index in [0.29, 0.717) is 54.5 Å². The van der Waals surface area contributed by atoms with Gasteiger partial charge in [0.05, 0.1) is 4.90 Å². The van der Waals surface area contributed by atoms with Crippen LogP contribution in [0, 0.1) is 11.3 Å². The second kappa shape index (κ2) is 17.6. The molecule has 1 aliphatic rings. The third kappa shape index (κ3) is 10.9. The van der Waals surface area contributed by atoms with E-state index in [2.05, 4.69) is 20.7 Å². The van der Waals surface area contributed by atoms with Crippen LogP contribution in [-0.4, -0.2) is 75.8 Å². The molecule has 0 aliphatic carbocycles. The Morgan fingerprint density at radius 3 is 2.35 bits per heavy atom. The standard InChI is InChI=1S/C35H46N8O5S/c1-2-39-35(46)40-18-14-24-15-19-43(20-16-24)34(45)31(22-25-5-3-7-28(21-25)33(37)38)42-49(47,48)30-8-4-6-27(23-30)26-9-11-29(12-10-26)41-32(44)13-17-36/h3-12,21,23-24,31,42H,2,13-20,22,36H2,1H3,(H3,37,38)(H,41,44)(H2,39,40,46)/t31-/m0/s1. The maximum atomic E-state index is 14.0. The van der Waals surface area contributed by atoms with E-state index >= 15 is 0 Å². The largest absolute Gasteiger partial charge is 0.384 e. The fraction of sp³-hybridized carbons (Fsp3) is 0.371. The van der Waals surface area contributed by atoms with Crippen LogP contribution in [-0.2, 0) is 26.0 Å². The highest BCUT2D eigenvalue weighted by Crippen LogP contribution is 2.26. The number of sulfonamides is 1. The number of hydrogen-bond acceptors (Lipinski definition) is 7. The van der Waals surface area contributed by atoms with Crippen molar-refractivity contribution in [1.29, 1.82) is 5.41 Å². The van der Waals surface area contributed by atoms with Crippen LogP contribution in [0.15, 0.2) is 77.7 Å². The van der Waals surface area contributed by atoms with Gasteiger partial charge in [-0.15, -0.1) is 0 Å². The first-order chi connectivity index (χ1) is 23.5. The molecule has 4 amide bonds. The average molecular weight is 691 g/mol. The number of benzene rings is 3. The molecule has 1 aliphatic heterocycles. The number of anilines is 1. The lowest BCUT2D eigenvalue weighted by Gasteiger charge is -2.34. The number of likely N-dealkylation sites (tertiary alicyclic amines) is 1. The minimum atomic E-state index is -4.17. The summed E-state index contributed by atoms with van der Waals surface area (Å²) in [5.41, 5.74) is 14.3. The number of piperidine rings is 1. The van der Waals surface area contributed by atoms with Crippen LogP contribution < -0.4 is 32.1 Å². The molecule has 1 saturated heterocycles. The molecule has 4 rings (SSSR count). The monoisotopic (exact) mass is 690 g/mol. The van der Waals surface area contributed by atoms with Gasteiger partial charge in [-0.3, -0.25) is 15.0 Å². The summed E-state index contributed by atoms with van der Waals surface area (Å²) in [6.45, 7) is 4.12. The molecule has 14 heteroatoms. The molecule has 13 nitrogen and oxygen atoms in total. The topological polar surface area (TPSA) is 213 Å². The summed E-state index contributed by atoms with van der Waals surface area (Å²) >= 11 is 0. The molecule has 1 heterocycles. The number of amides is 4. The molecule has 262 valence electrons. The van der Waals surface area contributed by atoms with Gasteiger partial charge in [0.1, 0.15) is 11.9 Å². The maximum absolute atomic E-state index is 14.0. The van der Waals surface area contributed by atoms with Gasteiger partial charge in [0.15, 0.2) is 0 Å². The summed E-state index contributed by atoms with van der Waals surface area (Å²) in [7, 11) is -4.17. The highest BCUT2D eigenvalue weighted by Gasteiger charge is 2.32. The Morgan fingerprint density at radius 1 is 0.959 bits per heavy atom. The molecule has 0 bridgehead atoms. The SMILES string of the molecule is CCNC(=O)NCCC1CCN(C(=O)[C@H](Cc2cccc(C(=N)N)c2)NS(=O)(=O)c2cccc(-c3ccc(NC(=O)CCN)cc3)c2)CC1. The van der Waals surface area contributed by atoms with Gasteiger partial charge in [-0.05, 0) is 85.5 Å². The highest BCUT2D eigenvalue weighted by atomic mass is 32.2. The van der Waals surface area contributed by atoms with Crippen LogP contribution in [0.4, 0.5) is 10.5 Å². The second-order valence-electron chi connectivity index (χ2n) is 12.0. The fourth-order valence-electron chi connectivity index (χ4n) is 5.75. The molecule has 1 atom stereocenters. The third-order valence-corrected chi connectivity index (χ3v) is 9.86. The van der Waals surface area contributed by atoms with Crippen molar-refractivity contribution in [2.45, 2.75) is 50.0 Å². The Bertz CT molecular complexity index is 1720. The zero-order valence-electron chi connectivity index (χ0n) is 27.7. The summed E-state index contributed by atoms with van der Waals surface area (Å²) in [5.74, 6) is -0.329. The van der Waals surface area contributed by atoms with E-state index < -0.39 is 16.1 Å². The van der Waals surface area contributed by atoms with Crippen LogP contribution in [0.3, 0.4) is 0 Å². The van der Waals surface area contributed by atoms with Crippen LogP contribution in [0.25, 0.3) is 11.1 Å². The average Bonchev–Trinajstić information content (AvgIpc) is 3.08. The number of hydrogen-bond donors (Lipinski definition) is 7. The van der Waals surface area contributed by atoms with Crippen molar-refractivity contribution in [2.24, 2.45) is 17.4 Å². The van der Waals surface area contributed by atoms with Crippen LogP contribution in [0.1, 0.15) is 43.7 Å². The number of nitrogen functional groups attached to an aromatic ring is 1. The van der Waals surface area contributed by atoms with Crippen molar-refractivity contribution in [3.63, 3.8) is 0 Å². The van der Waals surface area contributed by atoms with Crippen molar-refractivity contribution < 1.29 is 22.8 Å². The summed E-state index contributed by atoms with van der Waals surface area (Å²) in [6, 6.07) is 19.0. The van der Waals surface area contributed by atoms with Gasteiger partial charge < -0.3 is 32.3 Å². The zero-order chi connectivity index (χ0) is 35.4. The third-order valence-electron chi connectivity index (χ3n) is 8.39. The van der Waals surface area contributed by atoms with Crippen molar-refractivity contribution in [2.75, 3.05) is 38.0 Å². The van der Waals surface area contributed by atoms with E-state index in [1.165, 1.54) is 6.07 Å². The normalized spacial score (nSPS) is 14.1. The van der Waals surface area contributed by atoms with Crippen molar-refractivity contribution in [3.8, 4) is 11.1 Å². The smallest absolute Gasteiger partial charge is 0.314 e. The quantitative estimate of drug-likeness (QED) is 0.0935. The molecule has 1 fully saturated rings. The second-order valence-corrected chi connectivity index (χ2v) is 13.7. The van der Waals surface area contributed by atoms with E-state index in [0.717, 1.165) is 24.8 Å². The predicted molar refractivity (Wildman–Crippen MR) is 190 cm³/mol. The summed E-state index contributed by atoms with van der Waals surface area (Å²) < 4.78 is 30.4. The molecule has 0 saturated carbocycles. The van der Waals surface area contributed by atoms with Crippen LogP contribution in [0.5, 0.6) is 0 Å². The number of nitrogens with two attached hydrogens (primary N) is 2. The van der Waals surface area contributed by atoms with E-state index in [9.17, 15) is 22.8 Å². The number of carbonyl (C=O) groups excluding carboxylic acids is 3. The first-order valence-corrected chi connectivity index (χ1v) is 17.9. The van der Waals surface area contributed by atoms with E-state index in [-0.39, 0.29) is 48.0 Å². The molecular formula is C35H46N8O5S. The number of nitrogens with zero attached hydrogens (tertiary/aromatic N) is 1. The number of amidine groups is 1. The minimum absolute atomic E-state index is 0.000991. The van der Waals surface area contributed by atoms with E-state index in [4.69, 9.17) is 16.9 Å². The molecule has 9 N–H and O–H groups in total. The lowest BCUT2D eigenvalue weighted by atomic mass is 9.93. The minimum Gasteiger partial charge on any atom is -0.384 e.